The zero-order valence-corrected chi connectivity index (χ0v) is 9.17. The quantitative estimate of drug-likeness (QED) is 0.633. The number of nitrogens with zero attached hydrogens (tertiary/aromatic N) is 1. The van der Waals surface area contributed by atoms with Gasteiger partial charge in [-0.25, -0.2) is 0 Å². The number of amides is 1. The fourth-order valence-electron chi connectivity index (χ4n) is 1.57. The van der Waals surface area contributed by atoms with E-state index in [2.05, 4.69) is 6.92 Å². The Balaban J connectivity index is 4.08. The molecule has 0 aromatic rings. The Bertz CT molecular complexity index is 148. The van der Waals surface area contributed by atoms with Gasteiger partial charge in [0.05, 0.1) is 0 Å². The highest BCUT2D eigenvalue weighted by Crippen LogP contribution is 2.08. The van der Waals surface area contributed by atoms with E-state index in [0.29, 0.717) is 6.04 Å². The Morgan fingerprint density at radius 3 is 2.38 bits per heavy atom. The van der Waals surface area contributed by atoms with E-state index in [-0.39, 0.29) is 5.91 Å². The lowest BCUT2D eigenvalue weighted by Gasteiger charge is -2.28. The van der Waals surface area contributed by atoms with Gasteiger partial charge < -0.3 is 9.64 Å². The largest absolute Gasteiger partial charge is 0.385 e. The van der Waals surface area contributed by atoms with Gasteiger partial charge in [-0.3, -0.25) is 4.79 Å². The lowest BCUT2D eigenvalue weighted by atomic mass is 10.1. The first-order valence-electron chi connectivity index (χ1n) is 4.93. The van der Waals surface area contributed by atoms with Crippen molar-refractivity contribution in [2.24, 2.45) is 0 Å². The number of hydrogen-bond acceptors (Lipinski definition) is 2. The van der Waals surface area contributed by atoms with Gasteiger partial charge in [-0.15, -0.1) is 0 Å². The summed E-state index contributed by atoms with van der Waals surface area (Å²) in [5.74, 6) is 0.158. The highest BCUT2D eigenvalue weighted by Gasteiger charge is 2.16. The van der Waals surface area contributed by atoms with Crippen LogP contribution in [-0.4, -0.2) is 37.1 Å². The molecule has 1 unspecified atom stereocenters. The van der Waals surface area contributed by atoms with Gasteiger partial charge >= 0.3 is 0 Å². The Morgan fingerprint density at radius 2 is 2.08 bits per heavy atom. The van der Waals surface area contributed by atoms with Crippen molar-refractivity contribution in [1.29, 1.82) is 0 Å². The maximum Gasteiger partial charge on any atom is 0.219 e. The Hall–Kier alpha value is -0.570. The lowest BCUT2D eigenvalue weighted by Crippen LogP contribution is -2.39. The second-order valence-corrected chi connectivity index (χ2v) is 3.15. The Labute approximate surface area is 81.1 Å². The van der Waals surface area contributed by atoms with Crippen molar-refractivity contribution in [2.45, 2.75) is 39.7 Å². The normalized spacial score (nSPS) is 12.6. The first-order valence-corrected chi connectivity index (χ1v) is 4.93. The van der Waals surface area contributed by atoms with Crippen molar-refractivity contribution < 1.29 is 9.53 Å². The molecule has 0 saturated carbocycles. The van der Waals surface area contributed by atoms with Crippen LogP contribution in [0, 0.1) is 0 Å². The summed E-state index contributed by atoms with van der Waals surface area (Å²) in [5.41, 5.74) is 0. The summed E-state index contributed by atoms with van der Waals surface area (Å²) in [6.45, 7) is 7.25. The minimum Gasteiger partial charge on any atom is -0.385 e. The zero-order valence-electron chi connectivity index (χ0n) is 9.17. The molecule has 0 bridgehead atoms. The second kappa shape index (κ2) is 6.89. The standard InChI is InChI=1S/C10H21NO2/c1-5-10(7-8-13-4)11(6-2)9(3)12/h10H,5-8H2,1-4H3. The van der Waals surface area contributed by atoms with Gasteiger partial charge in [0.25, 0.3) is 0 Å². The van der Waals surface area contributed by atoms with Gasteiger partial charge in [-0.05, 0) is 19.8 Å². The maximum atomic E-state index is 11.2. The minimum absolute atomic E-state index is 0.158. The van der Waals surface area contributed by atoms with E-state index in [1.54, 1.807) is 14.0 Å². The lowest BCUT2D eigenvalue weighted by molar-refractivity contribution is -0.131. The van der Waals surface area contributed by atoms with Crippen LogP contribution in [0.25, 0.3) is 0 Å². The maximum absolute atomic E-state index is 11.2. The topological polar surface area (TPSA) is 29.5 Å². The molecular weight excluding hydrogens is 166 g/mol. The molecule has 0 fully saturated rings. The van der Waals surface area contributed by atoms with E-state index in [0.717, 1.165) is 26.0 Å². The molecule has 0 radical (unpaired) electrons. The molecule has 0 N–H and O–H groups in total. The first-order chi connectivity index (χ1) is 6.17. The van der Waals surface area contributed by atoms with Crippen molar-refractivity contribution in [3.05, 3.63) is 0 Å². The van der Waals surface area contributed by atoms with Crippen LogP contribution in [0.2, 0.25) is 0 Å². The summed E-state index contributed by atoms with van der Waals surface area (Å²) >= 11 is 0. The molecule has 0 heterocycles. The van der Waals surface area contributed by atoms with Gasteiger partial charge in [0.15, 0.2) is 0 Å². The number of hydrogen-bond donors (Lipinski definition) is 0. The van der Waals surface area contributed by atoms with Crippen molar-refractivity contribution in [2.75, 3.05) is 20.3 Å². The van der Waals surface area contributed by atoms with Crippen LogP contribution < -0.4 is 0 Å². The van der Waals surface area contributed by atoms with Crippen LogP contribution in [-0.2, 0) is 9.53 Å². The smallest absolute Gasteiger partial charge is 0.219 e. The molecule has 0 aromatic carbocycles. The molecule has 3 nitrogen and oxygen atoms in total. The fraction of sp³-hybridized carbons (Fsp3) is 0.900. The zero-order chi connectivity index (χ0) is 10.3. The van der Waals surface area contributed by atoms with E-state index >= 15 is 0 Å². The number of carbonyl (C=O) groups excluding carboxylic acids is 1. The third-order valence-corrected chi connectivity index (χ3v) is 2.31. The molecule has 1 amide bonds. The average Bonchev–Trinajstić information content (AvgIpc) is 2.11. The molecule has 0 aliphatic rings. The molecule has 0 saturated heterocycles. The van der Waals surface area contributed by atoms with E-state index in [1.165, 1.54) is 0 Å². The van der Waals surface area contributed by atoms with E-state index in [4.69, 9.17) is 4.74 Å². The summed E-state index contributed by atoms with van der Waals surface area (Å²) in [7, 11) is 1.69. The van der Waals surface area contributed by atoms with E-state index < -0.39 is 0 Å². The summed E-state index contributed by atoms with van der Waals surface area (Å²) in [6.07, 6.45) is 1.93. The van der Waals surface area contributed by atoms with Crippen LogP contribution in [0.15, 0.2) is 0 Å². The summed E-state index contributed by atoms with van der Waals surface area (Å²) in [6, 6.07) is 0.336. The number of carbonyl (C=O) groups is 1. The third kappa shape index (κ3) is 4.27. The van der Waals surface area contributed by atoms with Gasteiger partial charge in [0.1, 0.15) is 0 Å². The highest BCUT2D eigenvalue weighted by atomic mass is 16.5. The number of ether oxygens (including phenoxy) is 1. The Morgan fingerprint density at radius 1 is 1.46 bits per heavy atom. The Kier molecular flexibility index (Phi) is 6.59. The van der Waals surface area contributed by atoms with Crippen molar-refractivity contribution in [3.63, 3.8) is 0 Å². The third-order valence-electron chi connectivity index (χ3n) is 2.31. The summed E-state index contributed by atoms with van der Waals surface area (Å²) in [4.78, 5) is 13.1. The van der Waals surface area contributed by atoms with E-state index in [9.17, 15) is 4.79 Å². The van der Waals surface area contributed by atoms with Crippen LogP contribution in [0.1, 0.15) is 33.6 Å². The SMILES string of the molecule is CCC(CCOC)N(CC)C(C)=O. The second-order valence-electron chi connectivity index (χ2n) is 3.15. The molecule has 0 spiro atoms. The van der Waals surface area contributed by atoms with Gasteiger partial charge in [0.2, 0.25) is 5.91 Å². The van der Waals surface area contributed by atoms with Crippen LogP contribution in [0.4, 0.5) is 0 Å². The predicted octanol–water partition coefficient (Wildman–Crippen LogP) is 1.67. The van der Waals surface area contributed by atoms with E-state index in [1.807, 2.05) is 11.8 Å². The monoisotopic (exact) mass is 187 g/mol. The molecule has 0 rings (SSSR count). The molecule has 0 aromatic heterocycles. The van der Waals surface area contributed by atoms with Crippen LogP contribution in [0.5, 0.6) is 0 Å². The van der Waals surface area contributed by atoms with Gasteiger partial charge in [-0.2, -0.15) is 0 Å². The van der Waals surface area contributed by atoms with Crippen molar-refractivity contribution in [1.82, 2.24) is 4.90 Å². The molecular formula is C10H21NO2. The number of rotatable bonds is 6. The molecule has 3 heteroatoms. The van der Waals surface area contributed by atoms with Gasteiger partial charge in [0, 0.05) is 33.2 Å². The minimum atomic E-state index is 0.158. The molecule has 78 valence electrons. The summed E-state index contributed by atoms with van der Waals surface area (Å²) in [5, 5.41) is 0. The van der Waals surface area contributed by atoms with Crippen molar-refractivity contribution in [3.8, 4) is 0 Å². The average molecular weight is 187 g/mol. The molecule has 13 heavy (non-hydrogen) atoms. The summed E-state index contributed by atoms with van der Waals surface area (Å²) < 4.78 is 5.01. The molecule has 1 atom stereocenters. The first kappa shape index (κ1) is 12.4. The molecule has 0 aliphatic carbocycles. The van der Waals surface area contributed by atoms with Gasteiger partial charge in [-0.1, -0.05) is 6.92 Å². The fourth-order valence-corrected chi connectivity index (χ4v) is 1.57. The number of methoxy groups -OCH3 is 1. The molecule has 0 aliphatic heterocycles. The highest BCUT2D eigenvalue weighted by molar-refractivity contribution is 5.73. The van der Waals surface area contributed by atoms with Crippen molar-refractivity contribution >= 4 is 5.91 Å². The van der Waals surface area contributed by atoms with Crippen LogP contribution >= 0.6 is 0 Å². The van der Waals surface area contributed by atoms with Crippen LogP contribution in [0.3, 0.4) is 0 Å². The predicted molar refractivity (Wildman–Crippen MR) is 53.6 cm³/mol.